The molecule has 3 N–H and O–H groups in total. The van der Waals surface area contributed by atoms with Crippen molar-refractivity contribution in [3.63, 3.8) is 0 Å². The highest BCUT2D eigenvalue weighted by Gasteiger charge is 2.19. The Balaban J connectivity index is 1.56. The summed E-state index contributed by atoms with van der Waals surface area (Å²) in [6.45, 7) is 14.8. The molecule has 11 heteroatoms. The van der Waals surface area contributed by atoms with Gasteiger partial charge in [-0.05, 0) is 26.6 Å². The Morgan fingerprint density at radius 2 is 1.97 bits per heavy atom. The number of ether oxygens (including phenoxy) is 1. The minimum Gasteiger partial charge on any atom is -0.468 e. The van der Waals surface area contributed by atoms with Crippen LogP contribution in [0.2, 0.25) is 0 Å². The lowest BCUT2D eigenvalue weighted by Crippen LogP contribution is -2.48. The summed E-state index contributed by atoms with van der Waals surface area (Å²) in [6, 6.07) is 4.42. The summed E-state index contributed by atoms with van der Waals surface area (Å²) < 4.78 is 35.0. The standard InChI is InChI=1S/C25H30F2N8O/c1-5-6-34-7-9-35(10-8-34)23(14-21(28-4)31-22-12-17(3)32-33-22)29-15-36-20-13-19(26)25-18(24(20)27)11-16(2)30-25/h5,11-14,30H,1,4,6-10,15H2,2-3H3,(H2,31,32,33)/b21-14+,29-23+. The number of nitrogens with one attached hydrogen (secondary N) is 3. The second kappa shape index (κ2) is 11.2. The molecule has 0 bridgehead atoms. The first-order valence-corrected chi connectivity index (χ1v) is 11.6. The highest BCUT2D eigenvalue weighted by Crippen LogP contribution is 2.29. The maximum atomic E-state index is 14.9. The van der Waals surface area contributed by atoms with E-state index >= 15 is 0 Å². The van der Waals surface area contributed by atoms with Crippen LogP contribution in [0.4, 0.5) is 14.6 Å². The minimum atomic E-state index is -0.634. The van der Waals surface area contributed by atoms with Crippen LogP contribution in [0.5, 0.6) is 5.75 Å². The van der Waals surface area contributed by atoms with E-state index in [1.54, 1.807) is 19.1 Å². The molecule has 0 spiro atoms. The van der Waals surface area contributed by atoms with Crippen molar-refractivity contribution in [3.05, 3.63) is 65.8 Å². The predicted molar refractivity (Wildman–Crippen MR) is 139 cm³/mol. The molecule has 1 fully saturated rings. The van der Waals surface area contributed by atoms with Crippen molar-refractivity contribution < 1.29 is 13.5 Å². The van der Waals surface area contributed by atoms with E-state index in [9.17, 15) is 8.78 Å². The number of aromatic nitrogens is 3. The molecule has 9 nitrogen and oxygen atoms in total. The Morgan fingerprint density at radius 1 is 1.19 bits per heavy atom. The van der Waals surface area contributed by atoms with E-state index in [4.69, 9.17) is 4.74 Å². The van der Waals surface area contributed by atoms with Gasteiger partial charge in [-0.2, -0.15) is 5.10 Å². The van der Waals surface area contributed by atoms with Gasteiger partial charge in [-0.1, -0.05) is 6.08 Å². The molecule has 3 aromatic rings. The number of aryl methyl sites for hydroxylation is 2. The van der Waals surface area contributed by atoms with Crippen LogP contribution in [0.25, 0.3) is 10.9 Å². The average Bonchev–Trinajstić information content (AvgIpc) is 3.47. The van der Waals surface area contributed by atoms with Crippen molar-refractivity contribution in [1.82, 2.24) is 25.0 Å². The zero-order chi connectivity index (χ0) is 25.7. The number of nitrogens with zero attached hydrogens (tertiary/aromatic N) is 5. The molecule has 0 aliphatic carbocycles. The van der Waals surface area contributed by atoms with Crippen molar-refractivity contribution >= 4 is 29.3 Å². The fourth-order valence-corrected chi connectivity index (χ4v) is 4.04. The van der Waals surface area contributed by atoms with Gasteiger partial charge in [0.15, 0.2) is 29.9 Å². The molecule has 1 aliphatic heterocycles. The zero-order valence-corrected chi connectivity index (χ0v) is 20.4. The number of fused-ring (bicyclic) bond motifs is 1. The molecular weight excluding hydrogens is 466 g/mol. The summed E-state index contributed by atoms with van der Waals surface area (Å²) in [6.07, 6.45) is 3.61. The Morgan fingerprint density at radius 3 is 2.64 bits per heavy atom. The fourth-order valence-electron chi connectivity index (χ4n) is 4.04. The van der Waals surface area contributed by atoms with Gasteiger partial charge in [-0.3, -0.25) is 10.00 Å². The summed E-state index contributed by atoms with van der Waals surface area (Å²) in [5.74, 6) is 0.183. The molecule has 3 heterocycles. The number of H-pyrrole nitrogens is 2. The summed E-state index contributed by atoms with van der Waals surface area (Å²) in [4.78, 5) is 15.8. The number of aromatic amines is 2. The zero-order valence-electron chi connectivity index (χ0n) is 20.4. The van der Waals surface area contributed by atoms with Crippen molar-refractivity contribution in [1.29, 1.82) is 0 Å². The average molecular weight is 497 g/mol. The van der Waals surface area contributed by atoms with Gasteiger partial charge in [-0.25, -0.2) is 18.8 Å². The number of hydrogen-bond acceptors (Lipinski definition) is 6. The SMILES string of the molecule is C=CCN1CCN(C(/C=C(\N=C)Nc2cc(C)[nH]n2)=N/COc2cc(F)c3[nH]c(C)cc3c2F)CC1. The number of halogens is 2. The van der Waals surface area contributed by atoms with E-state index in [-0.39, 0.29) is 23.4 Å². The van der Waals surface area contributed by atoms with Crippen molar-refractivity contribution in [2.24, 2.45) is 9.98 Å². The minimum absolute atomic E-state index is 0.114. The van der Waals surface area contributed by atoms with E-state index in [1.165, 1.54) is 0 Å². The lowest BCUT2D eigenvalue weighted by atomic mass is 10.2. The van der Waals surface area contributed by atoms with Crippen LogP contribution in [-0.4, -0.2) is 77.0 Å². The summed E-state index contributed by atoms with van der Waals surface area (Å²) >= 11 is 0. The number of hydrogen-bond donors (Lipinski definition) is 3. The number of piperazine rings is 1. The van der Waals surface area contributed by atoms with Gasteiger partial charge < -0.3 is 19.9 Å². The molecule has 36 heavy (non-hydrogen) atoms. The molecule has 190 valence electrons. The van der Waals surface area contributed by atoms with Gasteiger partial charge in [0.05, 0.1) is 5.52 Å². The molecule has 0 unspecified atom stereocenters. The third-order valence-electron chi connectivity index (χ3n) is 5.83. The van der Waals surface area contributed by atoms with E-state index in [2.05, 4.69) is 53.6 Å². The number of amidine groups is 1. The lowest BCUT2D eigenvalue weighted by Gasteiger charge is -2.35. The molecule has 0 atom stereocenters. The monoisotopic (exact) mass is 496 g/mol. The molecule has 0 amide bonds. The third-order valence-corrected chi connectivity index (χ3v) is 5.83. The predicted octanol–water partition coefficient (Wildman–Crippen LogP) is 3.98. The van der Waals surface area contributed by atoms with Crippen LogP contribution in [0, 0.1) is 25.5 Å². The van der Waals surface area contributed by atoms with Crippen LogP contribution in [0.15, 0.2) is 52.7 Å². The molecule has 4 rings (SSSR count). The Labute approximate surface area is 208 Å². The maximum Gasteiger partial charge on any atom is 0.181 e. The number of anilines is 1. The van der Waals surface area contributed by atoms with Crippen LogP contribution in [-0.2, 0) is 0 Å². The van der Waals surface area contributed by atoms with Crippen molar-refractivity contribution in [2.45, 2.75) is 13.8 Å². The first kappa shape index (κ1) is 25.1. The summed E-state index contributed by atoms with van der Waals surface area (Å²) in [5.41, 5.74) is 1.67. The number of rotatable bonds is 9. The smallest absolute Gasteiger partial charge is 0.181 e. The highest BCUT2D eigenvalue weighted by molar-refractivity contribution is 5.94. The molecule has 0 radical (unpaired) electrons. The third kappa shape index (κ3) is 5.80. The van der Waals surface area contributed by atoms with Crippen molar-refractivity contribution in [3.8, 4) is 5.75 Å². The molecule has 1 saturated heterocycles. The Hall–Kier alpha value is -3.99. The van der Waals surface area contributed by atoms with Gasteiger partial charge in [0.2, 0.25) is 0 Å². The van der Waals surface area contributed by atoms with E-state index in [0.717, 1.165) is 31.4 Å². The van der Waals surface area contributed by atoms with E-state index < -0.39 is 11.6 Å². The first-order chi connectivity index (χ1) is 17.4. The fraction of sp³-hybridized carbons (Fsp3) is 0.320. The van der Waals surface area contributed by atoms with E-state index in [0.29, 0.717) is 36.3 Å². The summed E-state index contributed by atoms with van der Waals surface area (Å²) in [5, 5.41) is 10.3. The topological polar surface area (TPSA) is 96.9 Å². The van der Waals surface area contributed by atoms with Crippen molar-refractivity contribution in [2.75, 3.05) is 44.8 Å². The van der Waals surface area contributed by atoms with Gasteiger partial charge in [-0.15, -0.1) is 6.58 Å². The number of aliphatic imine (C=N–C) groups is 2. The maximum absolute atomic E-state index is 14.9. The Kier molecular flexibility index (Phi) is 7.79. The molecule has 0 saturated carbocycles. The molecule has 1 aromatic carbocycles. The largest absolute Gasteiger partial charge is 0.468 e. The Bertz CT molecular complexity index is 1300. The number of benzene rings is 1. The van der Waals surface area contributed by atoms with Gasteiger partial charge in [0.1, 0.15) is 11.7 Å². The van der Waals surface area contributed by atoms with Gasteiger partial charge in [0, 0.05) is 67.7 Å². The second-order valence-corrected chi connectivity index (χ2v) is 8.53. The quantitative estimate of drug-likeness (QED) is 0.237. The first-order valence-electron chi connectivity index (χ1n) is 11.6. The summed E-state index contributed by atoms with van der Waals surface area (Å²) in [7, 11) is 0. The van der Waals surface area contributed by atoms with Gasteiger partial charge in [0.25, 0.3) is 0 Å². The second-order valence-electron chi connectivity index (χ2n) is 8.53. The highest BCUT2D eigenvalue weighted by atomic mass is 19.1. The lowest BCUT2D eigenvalue weighted by molar-refractivity contribution is 0.197. The van der Waals surface area contributed by atoms with E-state index in [1.807, 2.05) is 19.1 Å². The van der Waals surface area contributed by atoms with Crippen LogP contribution in [0.1, 0.15) is 11.4 Å². The molecular formula is C25H30F2N8O. The van der Waals surface area contributed by atoms with Crippen LogP contribution in [0.3, 0.4) is 0 Å². The molecule has 2 aromatic heterocycles. The van der Waals surface area contributed by atoms with Crippen LogP contribution < -0.4 is 10.1 Å². The van der Waals surface area contributed by atoms with Crippen LogP contribution >= 0.6 is 0 Å². The normalized spacial score (nSPS) is 15.4. The molecule has 1 aliphatic rings. The van der Waals surface area contributed by atoms with Gasteiger partial charge >= 0.3 is 0 Å².